The molecule has 0 atom stereocenters. The lowest BCUT2D eigenvalue weighted by atomic mass is 10.2. The van der Waals surface area contributed by atoms with Crippen LogP contribution in [0.15, 0.2) is 16.2 Å². The van der Waals surface area contributed by atoms with Gasteiger partial charge in [0.15, 0.2) is 11.4 Å². The molecule has 2 heterocycles. The zero-order valence-electron chi connectivity index (χ0n) is 11.7. The average Bonchev–Trinajstić information content (AvgIpc) is 2.90. The van der Waals surface area contributed by atoms with E-state index in [9.17, 15) is 0 Å². The summed E-state index contributed by atoms with van der Waals surface area (Å²) in [6.07, 6.45) is 3.68. The largest absolute Gasteiger partial charge is 0.637 e. The van der Waals surface area contributed by atoms with Crippen molar-refractivity contribution in [1.82, 2.24) is 9.78 Å². The number of aryl methyl sites for hydroxylation is 1. The van der Waals surface area contributed by atoms with Gasteiger partial charge in [-0.15, -0.1) is 0 Å². The van der Waals surface area contributed by atoms with E-state index < -0.39 is 5.66 Å². The fourth-order valence-electron chi connectivity index (χ4n) is 1.94. The van der Waals surface area contributed by atoms with E-state index in [1.165, 1.54) is 0 Å². The lowest BCUT2D eigenvalue weighted by Crippen LogP contribution is -2.23. The molecule has 1 aliphatic heterocycles. The van der Waals surface area contributed by atoms with Crippen LogP contribution < -0.4 is 4.74 Å². The highest BCUT2D eigenvalue weighted by Gasteiger charge is 2.29. The summed E-state index contributed by atoms with van der Waals surface area (Å²) < 4.78 is 12.2. The lowest BCUT2D eigenvalue weighted by molar-refractivity contribution is 0.409. The van der Waals surface area contributed by atoms with Crippen molar-refractivity contribution in [2.75, 3.05) is 7.11 Å². The Labute approximate surface area is 121 Å². The molecule has 0 saturated carbocycles. The van der Waals surface area contributed by atoms with Crippen molar-refractivity contribution in [3.63, 3.8) is 0 Å². The second-order valence-electron chi connectivity index (χ2n) is 4.80. The van der Waals surface area contributed by atoms with Gasteiger partial charge < -0.3 is 8.53 Å². The molecule has 2 rings (SSSR count). The highest BCUT2D eigenvalue weighted by atomic mass is 27.1. The van der Waals surface area contributed by atoms with Crippen molar-refractivity contribution in [1.29, 1.82) is 0 Å². The van der Waals surface area contributed by atoms with Gasteiger partial charge in [0.1, 0.15) is 5.69 Å². The number of ether oxygens (including phenoxy) is 1. The number of hydrogen-bond acceptors (Lipinski definition) is 5. The van der Waals surface area contributed by atoms with Gasteiger partial charge in [-0.05, 0) is 20.3 Å². The molecule has 0 fully saturated rings. The molecule has 7 heteroatoms. The topological polar surface area (TPSA) is 61.0 Å². The lowest BCUT2D eigenvalue weighted by Gasteiger charge is -2.06. The molecule has 0 aliphatic carbocycles. The van der Waals surface area contributed by atoms with E-state index >= 15 is 0 Å². The second kappa shape index (κ2) is 5.35. The summed E-state index contributed by atoms with van der Waals surface area (Å²) in [4.78, 5) is 8.89. The van der Waals surface area contributed by atoms with E-state index in [1.54, 1.807) is 11.8 Å². The van der Waals surface area contributed by atoms with Crippen LogP contribution in [0.1, 0.15) is 32.9 Å². The third-order valence-electron chi connectivity index (χ3n) is 2.73. The average molecular weight is 276 g/mol. The van der Waals surface area contributed by atoms with Crippen LogP contribution in [0.25, 0.3) is 0 Å². The molecule has 6 nitrogen and oxygen atoms in total. The quantitative estimate of drug-likeness (QED) is 0.783. The maximum absolute atomic E-state index is 5.33. The minimum atomic E-state index is -0.522. The van der Waals surface area contributed by atoms with Crippen molar-refractivity contribution < 1.29 is 8.53 Å². The maximum Gasteiger partial charge on any atom is 0.483 e. The second-order valence-corrected chi connectivity index (χ2v) is 5.04. The number of nitrogens with zero attached hydrogens (tertiary/aromatic N) is 4. The van der Waals surface area contributed by atoms with Crippen LogP contribution >= 0.6 is 0 Å². The van der Waals surface area contributed by atoms with Crippen molar-refractivity contribution in [2.24, 2.45) is 9.98 Å². The van der Waals surface area contributed by atoms with Crippen molar-refractivity contribution in [3.8, 4) is 5.75 Å². The standard InChI is InChI=1S/C12H18N4O2.Al/c1-5-6-8-9(18-4)7-16(15-8)10-11(17)14-12(2,3)13-10;/h7H,5-6H2,1-4H3,(H,14,17);/q;+1/p-1. The third-order valence-corrected chi connectivity index (χ3v) is 2.96. The highest BCUT2D eigenvalue weighted by Crippen LogP contribution is 2.22. The molecule has 0 aromatic carbocycles. The van der Waals surface area contributed by atoms with Crippen LogP contribution in [0.4, 0.5) is 0 Å². The summed E-state index contributed by atoms with van der Waals surface area (Å²) in [7, 11) is 1.64. The van der Waals surface area contributed by atoms with Crippen molar-refractivity contribution >= 4 is 28.4 Å². The molecule has 0 N–H and O–H groups in total. The Bertz CT molecular complexity index is 534. The summed E-state index contributed by atoms with van der Waals surface area (Å²) in [5.74, 6) is 1.82. The van der Waals surface area contributed by atoms with Crippen molar-refractivity contribution in [2.45, 2.75) is 39.3 Å². The summed E-state index contributed by atoms with van der Waals surface area (Å²) in [6.45, 7) is 5.93. The van der Waals surface area contributed by atoms with Crippen molar-refractivity contribution in [3.05, 3.63) is 11.9 Å². The Morgan fingerprint density at radius 1 is 1.37 bits per heavy atom. The molecule has 19 heavy (non-hydrogen) atoms. The molecule has 100 valence electrons. The van der Waals surface area contributed by atoms with Gasteiger partial charge >= 0.3 is 16.6 Å². The van der Waals surface area contributed by atoms with Gasteiger partial charge in [-0.1, -0.05) is 13.3 Å². The third kappa shape index (κ3) is 2.82. The number of aliphatic imine (C=N–C) groups is 2. The fourth-order valence-corrected chi connectivity index (χ4v) is 2.10. The van der Waals surface area contributed by atoms with Crippen LogP contribution in [0.2, 0.25) is 0 Å². The van der Waals surface area contributed by atoms with Gasteiger partial charge in [0.2, 0.25) is 11.7 Å². The van der Waals surface area contributed by atoms with Crippen LogP contribution in [-0.4, -0.2) is 50.9 Å². The molecule has 1 aromatic heterocycles. The van der Waals surface area contributed by atoms with Crippen LogP contribution in [0.5, 0.6) is 5.75 Å². The van der Waals surface area contributed by atoms with Crippen LogP contribution in [0, 0.1) is 0 Å². The summed E-state index contributed by atoms with van der Waals surface area (Å²) >= 11 is 2.19. The molecule has 0 bridgehead atoms. The molecule has 0 spiro atoms. The van der Waals surface area contributed by atoms with E-state index in [0.717, 1.165) is 24.3 Å². The van der Waals surface area contributed by atoms with Gasteiger partial charge in [0.05, 0.1) is 13.3 Å². The predicted molar refractivity (Wildman–Crippen MR) is 74.0 cm³/mol. The van der Waals surface area contributed by atoms with Crippen LogP contribution in [-0.2, 0) is 10.2 Å². The number of rotatable bonds is 3. The smallest absolute Gasteiger partial charge is 0.483 e. The Balaban J connectivity index is 2.40. The van der Waals surface area contributed by atoms with Gasteiger partial charge in [-0.25, -0.2) is 14.7 Å². The summed E-state index contributed by atoms with van der Waals surface area (Å²) in [6, 6.07) is 0. The minimum Gasteiger partial charge on any atom is -0.637 e. The van der Waals surface area contributed by atoms with Crippen LogP contribution in [0.3, 0.4) is 0 Å². The highest BCUT2D eigenvalue weighted by molar-refractivity contribution is 6.42. The SMILES string of the molecule is CCCc1nn(C2=NC(C)(C)N=C2[O][Al])cc1OC. The van der Waals surface area contributed by atoms with E-state index in [0.29, 0.717) is 11.7 Å². The van der Waals surface area contributed by atoms with E-state index in [-0.39, 0.29) is 0 Å². The van der Waals surface area contributed by atoms with E-state index in [1.807, 2.05) is 20.0 Å². The van der Waals surface area contributed by atoms with Gasteiger partial charge in [-0.2, -0.15) is 5.10 Å². The molecular weight excluding hydrogens is 259 g/mol. The first-order valence-corrected chi connectivity index (χ1v) is 6.67. The summed E-state index contributed by atoms with van der Waals surface area (Å²) in [5, 5.41) is 4.51. The molecular formula is C12H17AlN4O2. The zero-order chi connectivity index (χ0) is 14.0. The monoisotopic (exact) mass is 276 g/mol. The van der Waals surface area contributed by atoms with Gasteiger partial charge in [0.25, 0.3) is 0 Å². The number of methoxy groups -OCH3 is 1. The number of hydrogen-bond donors (Lipinski definition) is 0. The minimum absolute atomic E-state index is 0.461. The predicted octanol–water partition coefficient (Wildman–Crippen LogP) is 1.34. The van der Waals surface area contributed by atoms with E-state index in [4.69, 9.17) is 8.53 Å². The molecule has 0 amide bonds. The first kappa shape index (κ1) is 14.1. The maximum atomic E-state index is 5.33. The Hall–Kier alpha value is -1.32. The normalized spacial score (nSPS) is 17.1. The Morgan fingerprint density at radius 3 is 2.68 bits per heavy atom. The fraction of sp³-hybridized carbons (Fsp3) is 0.583. The van der Waals surface area contributed by atoms with Gasteiger partial charge in [-0.3, -0.25) is 0 Å². The Morgan fingerprint density at radius 2 is 2.11 bits per heavy atom. The summed E-state index contributed by atoms with van der Waals surface area (Å²) in [5.41, 5.74) is 0.395. The van der Waals surface area contributed by atoms with Gasteiger partial charge in [0, 0.05) is 0 Å². The number of aromatic nitrogens is 2. The zero-order valence-corrected chi connectivity index (χ0v) is 12.8. The Kier molecular flexibility index (Phi) is 3.97. The molecule has 0 unspecified atom stereocenters. The first-order valence-electron chi connectivity index (χ1n) is 6.20. The first-order chi connectivity index (χ1) is 9.00. The van der Waals surface area contributed by atoms with E-state index in [2.05, 4.69) is 38.6 Å². The molecule has 1 aromatic rings. The molecule has 1 aliphatic rings. The molecule has 0 saturated heterocycles. The molecule has 2 radical (unpaired) electrons.